The summed E-state index contributed by atoms with van der Waals surface area (Å²) in [5.41, 5.74) is 0. The van der Waals surface area contributed by atoms with Crippen LogP contribution >= 0.6 is 0 Å². The van der Waals surface area contributed by atoms with Crippen LogP contribution in [-0.2, 0) is 16.0 Å². The Morgan fingerprint density at radius 3 is 2.73 bits per heavy atom. The van der Waals surface area contributed by atoms with Gasteiger partial charge in [-0.15, -0.1) is 0 Å². The molecule has 1 aromatic heterocycles. The highest BCUT2D eigenvalue weighted by atomic mass is 16.5. The Labute approximate surface area is 89.8 Å². The van der Waals surface area contributed by atoms with Gasteiger partial charge in [-0.05, 0) is 6.07 Å². The van der Waals surface area contributed by atoms with E-state index in [1.165, 1.54) is 0 Å². The van der Waals surface area contributed by atoms with E-state index in [0.717, 1.165) is 12.4 Å². The predicted octanol–water partition coefficient (Wildman–Crippen LogP) is 0.229. The molecule has 0 aliphatic heterocycles. The number of nitrogens with zero attached hydrogens (tertiary/aromatic N) is 2. The first-order valence-corrected chi connectivity index (χ1v) is 4.97. The summed E-state index contributed by atoms with van der Waals surface area (Å²) in [6.07, 6.45) is 3.47. The molecule has 1 aromatic rings. The lowest BCUT2D eigenvalue weighted by Gasteiger charge is -2.04. The van der Waals surface area contributed by atoms with Crippen LogP contribution in [-0.4, -0.2) is 43.4 Å². The van der Waals surface area contributed by atoms with E-state index in [1.54, 1.807) is 25.6 Å². The molecule has 0 saturated heterocycles. The van der Waals surface area contributed by atoms with Gasteiger partial charge in [0.1, 0.15) is 5.82 Å². The summed E-state index contributed by atoms with van der Waals surface area (Å²) < 4.78 is 10.1. The van der Waals surface area contributed by atoms with Gasteiger partial charge in [0, 0.05) is 26.0 Å². The van der Waals surface area contributed by atoms with Gasteiger partial charge in [-0.3, -0.25) is 0 Å². The lowest BCUT2D eigenvalue weighted by molar-refractivity contribution is 0.0718. The van der Waals surface area contributed by atoms with Gasteiger partial charge >= 0.3 is 0 Å². The van der Waals surface area contributed by atoms with E-state index in [-0.39, 0.29) is 0 Å². The molecule has 84 valence electrons. The molecule has 0 spiro atoms. The van der Waals surface area contributed by atoms with E-state index in [1.807, 2.05) is 0 Å². The second kappa shape index (κ2) is 8.28. The fourth-order valence-corrected chi connectivity index (χ4v) is 1.01. The molecule has 5 nitrogen and oxygen atoms in total. The topological polar surface area (TPSA) is 56.3 Å². The number of rotatable bonds is 8. The van der Waals surface area contributed by atoms with Crippen LogP contribution in [0.3, 0.4) is 0 Å². The molecule has 0 amide bonds. The van der Waals surface area contributed by atoms with Crippen molar-refractivity contribution in [3.8, 4) is 0 Å². The van der Waals surface area contributed by atoms with Crippen molar-refractivity contribution in [2.24, 2.45) is 0 Å². The van der Waals surface area contributed by atoms with Crippen molar-refractivity contribution in [3.63, 3.8) is 0 Å². The van der Waals surface area contributed by atoms with E-state index in [0.29, 0.717) is 26.4 Å². The molecule has 1 heterocycles. The molecule has 0 unspecified atom stereocenters. The largest absolute Gasteiger partial charge is 0.382 e. The minimum absolute atomic E-state index is 0.639. The van der Waals surface area contributed by atoms with Gasteiger partial charge < -0.3 is 14.8 Å². The van der Waals surface area contributed by atoms with E-state index >= 15 is 0 Å². The lowest BCUT2D eigenvalue weighted by atomic mass is 10.5. The van der Waals surface area contributed by atoms with E-state index in [2.05, 4.69) is 15.3 Å². The maximum atomic E-state index is 5.28. The molecule has 15 heavy (non-hydrogen) atoms. The van der Waals surface area contributed by atoms with E-state index in [9.17, 15) is 0 Å². The van der Waals surface area contributed by atoms with Crippen molar-refractivity contribution >= 4 is 0 Å². The highest BCUT2D eigenvalue weighted by Crippen LogP contribution is 1.85. The molecule has 1 N–H and O–H groups in total. The Morgan fingerprint density at radius 2 is 2.00 bits per heavy atom. The number of hydrogen-bond acceptors (Lipinski definition) is 5. The summed E-state index contributed by atoms with van der Waals surface area (Å²) in [6, 6.07) is 1.80. The zero-order valence-electron chi connectivity index (χ0n) is 8.98. The zero-order valence-corrected chi connectivity index (χ0v) is 8.98. The van der Waals surface area contributed by atoms with Crippen molar-refractivity contribution in [1.29, 1.82) is 0 Å². The normalized spacial score (nSPS) is 10.5. The molecule has 0 bridgehead atoms. The minimum atomic E-state index is 0.639. The van der Waals surface area contributed by atoms with Crippen molar-refractivity contribution in [1.82, 2.24) is 15.3 Å². The fourth-order valence-electron chi connectivity index (χ4n) is 1.01. The van der Waals surface area contributed by atoms with Gasteiger partial charge in [0.25, 0.3) is 0 Å². The van der Waals surface area contributed by atoms with Crippen molar-refractivity contribution in [2.45, 2.75) is 6.54 Å². The summed E-state index contributed by atoms with van der Waals surface area (Å²) >= 11 is 0. The standard InChI is InChI=1S/C10H17N3O2/c1-14-7-8-15-6-5-11-9-10-12-3-2-4-13-10/h2-4,11H,5-9H2,1H3. The van der Waals surface area contributed by atoms with Crippen LogP contribution in [0, 0.1) is 0 Å². The molecule has 1 rings (SSSR count). The first-order chi connectivity index (χ1) is 7.43. The maximum Gasteiger partial charge on any atom is 0.141 e. The first-order valence-electron chi connectivity index (χ1n) is 4.97. The Hall–Kier alpha value is -1.04. The quantitative estimate of drug-likeness (QED) is 0.624. The highest BCUT2D eigenvalue weighted by molar-refractivity contribution is 4.87. The minimum Gasteiger partial charge on any atom is -0.382 e. The van der Waals surface area contributed by atoms with Crippen LogP contribution in [0.1, 0.15) is 5.82 Å². The monoisotopic (exact) mass is 211 g/mol. The maximum absolute atomic E-state index is 5.28. The average Bonchev–Trinajstić information content (AvgIpc) is 2.29. The van der Waals surface area contributed by atoms with Crippen LogP contribution in [0.2, 0.25) is 0 Å². The predicted molar refractivity (Wildman–Crippen MR) is 56.4 cm³/mol. The molecular weight excluding hydrogens is 194 g/mol. The van der Waals surface area contributed by atoms with Crippen LogP contribution in [0.25, 0.3) is 0 Å². The van der Waals surface area contributed by atoms with Gasteiger partial charge in [0.2, 0.25) is 0 Å². The Kier molecular flexibility index (Phi) is 6.64. The summed E-state index contributed by atoms with van der Waals surface area (Å²) in [6.45, 7) is 3.43. The van der Waals surface area contributed by atoms with Crippen molar-refractivity contribution in [3.05, 3.63) is 24.3 Å². The summed E-state index contributed by atoms with van der Waals surface area (Å²) in [4.78, 5) is 8.18. The summed E-state index contributed by atoms with van der Waals surface area (Å²) in [5.74, 6) is 0.800. The second-order valence-electron chi connectivity index (χ2n) is 2.95. The smallest absolute Gasteiger partial charge is 0.141 e. The highest BCUT2D eigenvalue weighted by Gasteiger charge is 1.93. The third kappa shape index (κ3) is 6.11. The average molecular weight is 211 g/mol. The fraction of sp³-hybridized carbons (Fsp3) is 0.600. The molecule has 5 heteroatoms. The second-order valence-corrected chi connectivity index (χ2v) is 2.95. The van der Waals surface area contributed by atoms with E-state index in [4.69, 9.17) is 9.47 Å². The third-order valence-electron chi connectivity index (χ3n) is 1.76. The van der Waals surface area contributed by atoms with Crippen LogP contribution < -0.4 is 5.32 Å². The Balaban J connectivity index is 1.93. The number of ether oxygens (including phenoxy) is 2. The number of aromatic nitrogens is 2. The van der Waals surface area contributed by atoms with Gasteiger partial charge in [-0.1, -0.05) is 0 Å². The summed E-state index contributed by atoms with van der Waals surface area (Å²) in [5, 5.41) is 3.19. The Morgan fingerprint density at radius 1 is 1.20 bits per heavy atom. The van der Waals surface area contributed by atoms with Crippen LogP contribution in [0.4, 0.5) is 0 Å². The molecule has 0 aliphatic carbocycles. The van der Waals surface area contributed by atoms with Crippen molar-refractivity contribution in [2.75, 3.05) is 33.5 Å². The number of hydrogen-bond donors (Lipinski definition) is 1. The molecule has 0 radical (unpaired) electrons. The van der Waals surface area contributed by atoms with Gasteiger partial charge in [-0.25, -0.2) is 9.97 Å². The van der Waals surface area contributed by atoms with Gasteiger partial charge in [-0.2, -0.15) is 0 Å². The van der Waals surface area contributed by atoms with Crippen LogP contribution in [0.15, 0.2) is 18.5 Å². The molecule has 0 fully saturated rings. The van der Waals surface area contributed by atoms with Gasteiger partial charge in [0.15, 0.2) is 0 Å². The molecule has 0 aromatic carbocycles. The zero-order chi connectivity index (χ0) is 10.8. The van der Waals surface area contributed by atoms with E-state index < -0.39 is 0 Å². The molecule has 0 atom stereocenters. The first kappa shape index (κ1) is 12.0. The van der Waals surface area contributed by atoms with Crippen LogP contribution in [0.5, 0.6) is 0 Å². The van der Waals surface area contributed by atoms with Crippen molar-refractivity contribution < 1.29 is 9.47 Å². The molecule has 0 aliphatic rings. The number of methoxy groups -OCH3 is 1. The Bertz CT molecular complexity index is 244. The SMILES string of the molecule is COCCOCCNCc1ncccn1. The van der Waals surface area contributed by atoms with Gasteiger partial charge in [0.05, 0.1) is 26.4 Å². The molecule has 0 saturated carbocycles. The third-order valence-corrected chi connectivity index (χ3v) is 1.76. The number of nitrogens with one attached hydrogen (secondary N) is 1. The molecular formula is C10H17N3O2. The summed E-state index contributed by atoms with van der Waals surface area (Å²) in [7, 11) is 1.66. The lowest BCUT2D eigenvalue weighted by Crippen LogP contribution is -2.21.